The van der Waals surface area contributed by atoms with Crippen LogP contribution in [0.15, 0.2) is 30.5 Å². The highest BCUT2D eigenvalue weighted by Gasteiger charge is 2.04. The molecule has 0 saturated carbocycles. The summed E-state index contributed by atoms with van der Waals surface area (Å²) in [7, 11) is 0. The number of carbonyl (C=O) groups is 1. The summed E-state index contributed by atoms with van der Waals surface area (Å²) in [5.41, 5.74) is 4.58. The molecule has 0 aliphatic carbocycles. The van der Waals surface area contributed by atoms with Gasteiger partial charge in [-0.1, -0.05) is 29.8 Å². The normalized spacial score (nSPS) is 10.5. The fourth-order valence-corrected chi connectivity index (χ4v) is 2.20. The summed E-state index contributed by atoms with van der Waals surface area (Å²) in [6.07, 6.45) is 4.17. The van der Waals surface area contributed by atoms with Crippen molar-refractivity contribution in [2.24, 2.45) is 0 Å². The van der Waals surface area contributed by atoms with Gasteiger partial charge in [0.05, 0.1) is 12.6 Å². The molecule has 2 rings (SSSR count). The number of benzene rings is 1. The Balaban J connectivity index is 1.69. The number of nitrogens with one attached hydrogen (secondary N) is 2. The molecule has 106 valence electrons. The van der Waals surface area contributed by atoms with Gasteiger partial charge in [-0.2, -0.15) is 5.10 Å². The summed E-state index contributed by atoms with van der Waals surface area (Å²) in [5, 5.41) is 9.87. The van der Waals surface area contributed by atoms with Gasteiger partial charge >= 0.3 is 0 Å². The summed E-state index contributed by atoms with van der Waals surface area (Å²) < 4.78 is 0. The molecule has 0 unspecified atom stereocenters. The topological polar surface area (TPSA) is 57.8 Å². The zero-order valence-electron chi connectivity index (χ0n) is 12.1. The molecule has 1 aromatic carbocycles. The minimum Gasteiger partial charge on any atom is -0.356 e. The Morgan fingerprint density at radius 1 is 1.35 bits per heavy atom. The fraction of sp³-hybridized carbons (Fsp3) is 0.375. The van der Waals surface area contributed by atoms with Crippen molar-refractivity contribution < 1.29 is 4.79 Å². The Bertz CT molecular complexity index is 575. The molecule has 2 N–H and O–H groups in total. The third-order valence-corrected chi connectivity index (χ3v) is 3.33. The Kier molecular flexibility index (Phi) is 4.93. The molecule has 0 saturated heterocycles. The van der Waals surface area contributed by atoms with Crippen molar-refractivity contribution in [1.82, 2.24) is 15.5 Å². The average Bonchev–Trinajstić information content (AvgIpc) is 2.80. The first-order chi connectivity index (χ1) is 9.65. The highest BCUT2D eigenvalue weighted by molar-refractivity contribution is 5.78. The van der Waals surface area contributed by atoms with E-state index in [1.807, 2.05) is 38.2 Å². The summed E-state index contributed by atoms with van der Waals surface area (Å²) in [6, 6.07) is 8.06. The summed E-state index contributed by atoms with van der Waals surface area (Å²) in [6.45, 7) is 4.75. The van der Waals surface area contributed by atoms with E-state index in [9.17, 15) is 4.79 Å². The molecule has 2 aromatic rings. The molecule has 0 radical (unpaired) electrons. The van der Waals surface area contributed by atoms with E-state index in [1.54, 1.807) is 0 Å². The first kappa shape index (κ1) is 14.3. The van der Waals surface area contributed by atoms with Gasteiger partial charge in [0.25, 0.3) is 0 Å². The van der Waals surface area contributed by atoms with Crippen LogP contribution in [-0.2, 0) is 17.6 Å². The van der Waals surface area contributed by atoms with Crippen LogP contribution in [0.1, 0.15) is 28.8 Å². The standard InChI is InChI=1S/C16H21N3O/c1-12-5-3-6-14(9-12)10-16(20)17-8-4-7-15-11-18-19-13(15)2/h3,5-6,9,11H,4,7-8,10H2,1-2H3,(H,17,20)(H,18,19). The number of rotatable bonds is 6. The van der Waals surface area contributed by atoms with Crippen LogP contribution in [0.2, 0.25) is 0 Å². The van der Waals surface area contributed by atoms with Crippen molar-refractivity contribution in [2.45, 2.75) is 33.1 Å². The van der Waals surface area contributed by atoms with Gasteiger partial charge < -0.3 is 5.32 Å². The Morgan fingerprint density at radius 3 is 2.90 bits per heavy atom. The minimum absolute atomic E-state index is 0.0829. The predicted octanol–water partition coefficient (Wildman–Crippen LogP) is 2.32. The van der Waals surface area contributed by atoms with E-state index in [1.165, 1.54) is 11.1 Å². The Labute approximate surface area is 119 Å². The van der Waals surface area contributed by atoms with Gasteiger partial charge in [0, 0.05) is 12.2 Å². The second-order valence-corrected chi connectivity index (χ2v) is 5.14. The molecule has 0 aliphatic rings. The maximum atomic E-state index is 11.8. The van der Waals surface area contributed by atoms with Crippen LogP contribution >= 0.6 is 0 Å². The molecule has 1 amide bonds. The van der Waals surface area contributed by atoms with Crippen molar-refractivity contribution in [1.29, 1.82) is 0 Å². The second kappa shape index (κ2) is 6.89. The number of hydrogen-bond acceptors (Lipinski definition) is 2. The molecular weight excluding hydrogens is 250 g/mol. The van der Waals surface area contributed by atoms with Gasteiger partial charge in [0.2, 0.25) is 5.91 Å². The molecule has 0 bridgehead atoms. The quantitative estimate of drug-likeness (QED) is 0.792. The molecule has 1 aromatic heterocycles. The van der Waals surface area contributed by atoms with E-state index >= 15 is 0 Å². The summed E-state index contributed by atoms with van der Waals surface area (Å²) >= 11 is 0. The third-order valence-electron chi connectivity index (χ3n) is 3.33. The lowest BCUT2D eigenvalue weighted by atomic mass is 10.1. The molecule has 4 heteroatoms. The van der Waals surface area contributed by atoms with Gasteiger partial charge in [-0.3, -0.25) is 9.89 Å². The van der Waals surface area contributed by atoms with E-state index < -0.39 is 0 Å². The zero-order valence-corrected chi connectivity index (χ0v) is 12.1. The highest BCUT2D eigenvalue weighted by Crippen LogP contribution is 2.06. The smallest absolute Gasteiger partial charge is 0.224 e. The maximum absolute atomic E-state index is 11.8. The minimum atomic E-state index is 0.0829. The number of carbonyl (C=O) groups excluding carboxylic acids is 1. The van der Waals surface area contributed by atoms with Crippen molar-refractivity contribution in [3.63, 3.8) is 0 Å². The van der Waals surface area contributed by atoms with Crippen LogP contribution in [0.5, 0.6) is 0 Å². The second-order valence-electron chi connectivity index (χ2n) is 5.14. The first-order valence-corrected chi connectivity index (χ1v) is 6.96. The molecule has 0 fully saturated rings. The van der Waals surface area contributed by atoms with Crippen LogP contribution in [0.4, 0.5) is 0 Å². The molecule has 0 atom stereocenters. The molecule has 20 heavy (non-hydrogen) atoms. The van der Waals surface area contributed by atoms with Gasteiger partial charge in [0.1, 0.15) is 0 Å². The molecule has 4 nitrogen and oxygen atoms in total. The number of hydrogen-bond donors (Lipinski definition) is 2. The number of aryl methyl sites for hydroxylation is 3. The number of amides is 1. The number of aromatic amines is 1. The molecule has 0 aliphatic heterocycles. The highest BCUT2D eigenvalue weighted by atomic mass is 16.1. The Morgan fingerprint density at radius 2 is 2.20 bits per heavy atom. The zero-order chi connectivity index (χ0) is 14.4. The first-order valence-electron chi connectivity index (χ1n) is 6.96. The molecule has 0 spiro atoms. The molecule has 1 heterocycles. The Hall–Kier alpha value is -2.10. The maximum Gasteiger partial charge on any atom is 0.224 e. The van der Waals surface area contributed by atoms with E-state index in [2.05, 4.69) is 21.6 Å². The lowest BCUT2D eigenvalue weighted by Crippen LogP contribution is -2.26. The lowest BCUT2D eigenvalue weighted by Gasteiger charge is -2.06. The van der Waals surface area contributed by atoms with Gasteiger partial charge in [-0.05, 0) is 37.8 Å². The van der Waals surface area contributed by atoms with E-state index in [4.69, 9.17) is 0 Å². The van der Waals surface area contributed by atoms with Gasteiger partial charge in [-0.15, -0.1) is 0 Å². The van der Waals surface area contributed by atoms with Crippen molar-refractivity contribution in [3.05, 3.63) is 52.8 Å². The number of aromatic nitrogens is 2. The van der Waals surface area contributed by atoms with E-state index in [-0.39, 0.29) is 5.91 Å². The van der Waals surface area contributed by atoms with Crippen molar-refractivity contribution in [3.8, 4) is 0 Å². The van der Waals surface area contributed by atoms with Crippen LogP contribution in [0, 0.1) is 13.8 Å². The van der Waals surface area contributed by atoms with E-state index in [0.29, 0.717) is 13.0 Å². The average molecular weight is 271 g/mol. The van der Waals surface area contributed by atoms with Gasteiger partial charge in [0.15, 0.2) is 0 Å². The third kappa shape index (κ3) is 4.23. The van der Waals surface area contributed by atoms with Crippen molar-refractivity contribution in [2.75, 3.05) is 6.54 Å². The monoisotopic (exact) mass is 271 g/mol. The number of nitrogens with zero attached hydrogens (tertiary/aromatic N) is 1. The van der Waals surface area contributed by atoms with Crippen LogP contribution in [0.25, 0.3) is 0 Å². The lowest BCUT2D eigenvalue weighted by molar-refractivity contribution is -0.120. The molecular formula is C16H21N3O. The van der Waals surface area contributed by atoms with E-state index in [0.717, 1.165) is 24.1 Å². The van der Waals surface area contributed by atoms with Gasteiger partial charge in [-0.25, -0.2) is 0 Å². The van der Waals surface area contributed by atoms with Crippen LogP contribution in [-0.4, -0.2) is 22.6 Å². The SMILES string of the molecule is Cc1cccc(CC(=O)NCCCc2cn[nH]c2C)c1. The summed E-state index contributed by atoms with van der Waals surface area (Å²) in [4.78, 5) is 11.8. The van der Waals surface area contributed by atoms with Crippen LogP contribution < -0.4 is 5.32 Å². The van der Waals surface area contributed by atoms with Crippen molar-refractivity contribution >= 4 is 5.91 Å². The van der Waals surface area contributed by atoms with Crippen LogP contribution in [0.3, 0.4) is 0 Å². The predicted molar refractivity (Wildman–Crippen MR) is 79.5 cm³/mol. The summed E-state index contributed by atoms with van der Waals surface area (Å²) in [5.74, 6) is 0.0829. The number of H-pyrrole nitrogens is 1. The fourth-order valence-electron chi connectivity index (χ4n) is 2.20. The largest absolute Gasteiger partial charge is 0.356 e.